The minimum atomic E-state index is 0.871. The first-order valence-electron chi connectivity index (χ1n) is 16.5. The van der Waals surface area contributed by atoms with Gasteiger partial charge in [0.2, 0.25) is 0 Å². The maximum Gasteiger partial charge on any atom is 0.114 e. The third kappa shape index (κ3) is 4.61. The minimum absolute atomic E-state index is 0.871. The Kier molecular flexibility index (Phi) is 6.72. The topological polar surface area (TPSA) is 35.1 Å². The molecule has 0 aliphatic carbocycles. The van der Waals surface area contributed by atoms with Crippen molar-refractivity contribution < 1.29 is 0 Å². The quantitative estimate of drug-likeness (QED) is 0.186. The standard InChI is InChI=1S/C44H32N4/c1-2-41-45-38-19-11-12-20-39(38)47(41)36-27-25-31(26-28-36)30-21-23-32(24-22-30)40-29-35-17-9-10-18-37(35)44-42(33-13-5-3-6-14-33)43(46-48(40)44)34-15-7-4-8-16-34/h3-29H,2H2,1H3. The van der Waals surface area contributed by atoms with Crippen LogP contribution in [0.3, 0.4) is 0 Å². The van der Waals surface area contributed by atoms with Crippen molar-refractivity contribution in [3.63, 3.8) is 0 Å². The molecule has 0 saturated carbocycles. The molecule has 6 aromatic carbocycles. The fourth-order valence-corrected chi connectivity index (χ4v) is 7.01. The molecule has 0 amide bonds. The second kappa shape index (κ2) is 11.5. The first-order valence-corrected chi connectivity index (χ1v) is 16.5. The zero-order valence-electron chi connectivity index (χ0n) is 26.6. The molecule has 0 saturated heterocycles. The van der Waals surface area contributed by atoms with Gasteiger partial charge in [0.15, 0.2) is 0 Å². The smallest absolute Gasteiger partial charge is 0.114 e. The largest absolute Gasteiger partial charge is 0.296 e. The summed E-state index contributed by atoms with van der Waals surface area (Å²) in [6.45, 7) is 2.16. The number of fused-ring (bicyclic) bond motifs is 4. The Hall–Kier alpha value is -6.26. The molecule has 0 N–H and O–H groups in total. The normalized spacial score (nSPS) is 11.5. The molecule has 0 radical (unpaired) electrons. The number of aromatic nitrogens is 4. The molecule has 0 aliphatic heterocycles. The van der Waals surface area contributed by atoms with Crippen LogP contribution in [-0.2, 0) is 6.42 Å². The molecule has 3 aromatic heterocycles. The number of rotatable bonds is 6. The molecular weight excluding hydrogens is 585 g/mol. The van der Waals surface area contributed by atoms with Crippen LogP contribution in [0.1, 0.15) is 12.7 Å². The summed E-state index contributed by atoms with van der Waals surface area (Å²) in [4.78, 5) is 4.86. The number of imidazole rings is 1. The number of para-hydroxylation sites is 2. The van der Waals surface area contributed by atoms with Crippen LogP contribution < -0.4 is 0 Å². The number of hydrogen-bond acceptors (Lipinski definition) is 2. The number of aryl methyl sites for hydroxylation is 1. The molecule has 9 rings (SSSR count). The van der Waals surface area contributed by atoms with Gasteiger partial charge in [0.1, 0.15) is 11.5 Å². The summed E-state index contributed by atoms with van der Waals surface area (Å²) in [5, 5.41) is 7.72. The average Bonchev–Trinajstić information content (AvgIpc) is 3.75. The van der Waals surface area contributed by atoms with E-state index in [9.17, 15) is 0 Å². The van der Waals surface area contributed by atoms with Gasteiger partial charge in [0.05, 0.1) is 22.2 Å². The Morgan fingerprint density at radius 2 is 1.15 bits per heavy atom. The van der Waals surface area contributed by atoms with Crippen LogP contribution in [0.4, 0.5) is 0 Å². The second-order valence-electron chi connectivity index (χ2n) is 12.2. The zero-order chi connectivity index (χ0) is 32.0. The van der Waals surface area contributed by atoms with E-state index in [1.165, 1.54) is 21.9 Å². The van der Waals surface area contributed by atoms with E-state index in [0.717, 1.165) is 68.1 Å². The highest BCUT2D eigenvalue weighted by Gasteiger charge is 2.21. The molecule has 0 atom stereocenters. The molecule has 0 unspecified atom stereocenters. The number of hydrogen-bond donors (Lipinski definition) is 0. The third-order valence-corrected chi connectivity index (χ3v) is 9.32. The van der Waals surface area contributed by atoms with Crippen LogP contribution in [0.5, 0.6) is 0 Å². The van der Waals surface area contributed by atoms with E-state index in [0.29, 0.717) is 0 Å². The molecule has 0 aliphatic rings. The van der Waals surface area contributed by atoms with E-state index in [1.807, 2.05) is 6.07 Å². The van der Waals surface area contributed by atoms with Crippen molar-refractivity contribution in [2.45, 2.75) is 13.3 Å². The molecule has 4 nitrogen and oxygen atoms in total. The summed E-state index contributed by atoms with van der Waals surface area (Å²) >= 11 is 0. The van der Waals surface area contributed by atoms with E-state index >= 15 is 0 Å². The van der Waals surface area contributed by atoms with Gasteiger partial charge >= 0.3 is 0 Å². The van der Waals surface area contributed by atoms with Gasteiger partial charge in [0.25, 0.3) is 0 Å². The van der Waals surface area contributed by atoms with Crippen LogP contribution in [0.2, 0.25) is 0 Å². The van der Waals surface area contributed by atoms with Crippen molar-refractivity contribution in [2.75, 3.05) is 0 Å². The predicted octanol–water partition coefficient (Wildman–Crippen LogP) is 11.1. The van der Waals surface area contributed by atoms with Crippen molar-refractivity contribution in [1.82, 2.24) is 19.2 Å². The lowest BCUT2D eigenvalue weighted by molar-refractivity contribution is 0.908. The second-order valence-corrected chi connectivity index (χ2v) is 12.2. The zero-order valence-corrected chi connectivity index (χ0v) is 26.6. The van der Waals surface area contributed by atoms with Crippen LogP contribution in [0.25, 0.3) is 77.8 Å². The Bertz CT molecular complexity index is 2560. The maximum absolute atomic E-state index is 5.35. The summed E-state index contributed by atoms with van der Waals surface area (Å²) in [5.74, 6) is 1.07. The Morgan fingerprint density at radius 3 is 1.88 bits per heavy atom. The van der Waals surface area contributed by atoms with Crippen LogP contribution in [0, 0.1) is 0 Å². The van der Waals surface area contributed by atoms with Gasteiger partial charge in [-0.05, 0) is 52.4 Å². The summed E-state index contributed by atoms with van der Waals surface area (Å²) in [5.41, 5.74) is 13.3. The van der Waals surface area contributed by atoms with Gasteiger partial charge in [-0.1, -0.05) is 140 Å². The minimum Gasteiger partial charge on any atom is -0.296 e. The molecule has 9 aromatic rings. The fraction of sp³-hybridized carbons (Fsp3) is 0.0455. The summed E-state index contributed by atoms with van der Waals surface area (Å²) in [6.07, 6.45) is 0.871. The predicted molar refractivity (Wildman–Crippen MR) is 198 cm³/mol. The number of pyridine rings is 1. The lowest BCUT2D eigenvalue weighted by Gasteiger charge is -2.12. The van der Waals surface area contributed by atoms with Gasteiger partial charge in [-0.2, -0.15) is 5.10 Å². The highest BCUT2D eigenvalue weighted by Crippen LogP contribution is 2.41. The van der Waals surface area contributed by atoms with E-state index in [4.69, 9.17) is 10.1 Å². The van der Waals surface area contributed by atoms with E-state index in [2.05, 4.69) is 174 Å². The van der Waals surface area contributed by atoms with Crippen LogP contribution in [0.15, 0.2) is 164 Å². The van der Waals surface area contributed by atoms with Crippen LogP contribution in [-0.4, -0.2) is 19.2 Å². The molecule has 3 heterocycles. The van der Waals surface area contributed by atoms with Crippen molar-refractivity contribution in [3.05, 3.63) is 170 Å². The van der Waals surface area contributed by atoms with E-state index in [-0.39, 0.29) is 0 Å². The first-order chi connectivity index (χ1) is 23.8. The van der Waals surface area contributed by atoms with Crippen molar-refractivity contribution in [1.29, 1.82) is 0 Å². The number of nitrogens with zero attached hydrogens (tertiary/aromatic N) is 4. The maximum atomic E-state index is 5.35. The van der Waals surface area contributed by atoms with Crippen molar-refractivity contribution in [2.24, 2.45) is 0 Å². The van der Waals surface area contributed by atoms with Gasteiger partial charge in [-0.3, -0.25) is 4.57 Å². The average molecular weight is 617 g/mol. The molecular formula is C44H32N4. The van der Waals surface area contributed by atoms with Gasteiger partial charge in [-0.25, -0.2) is 9.50 Å². The van der Waals surface area contributed by atoms with Gasteiger partial charge in [0, 0.05) is 34.2 Å². The third-order valence-electron chi connectivity index (χ3n) is 9.32. The SMILES string of the molecule is CCc1nc2ccccc2n1-c1ccc(-c2ccc(-c3cc4ccccc4c4c(-c5ccccc5)c(-c5ccccc5)nn34)cc2)cc1. The highest BCUT2D eigenvalue weighted by atomic mass is 15.2. The monoisotopic (exact) mass is 616 g/mol. The summed E-state index contributed by atoms with van der Waals surface area (Å²) in [6, 6.07) is 58.1. The molecule has 48 heavy (non-hydrogen) atoms. The van der Waals surface area contributed by atoms with E-state index < -0.39 is 0 Å². The molecule has 4 heteroatoms. The number of benzene rings is 6. The highest BCUT2D eigenvalue weighted by molar-refractivity contribution is 6.08. The Balaban J connectivity index is 1.16. The Labute approximate surface area is 279 Å². The van der Waals surface area contributed by atoms with Crippen molar-refractivity contribution in [3.8, 4) is 50.5 Å². The molecule has 0 fully saturated rings. The molecule has 0 spiro atoms. The summed E-state index contributed by atoms with van der Waals surface area (Å²) < 4.78 is 4.42. The molecule has 228 valence electrons. The van der Waals surface area contributed by atoms with Crippen LogP contribution >= 0.6 is 0 Å². The lowest BCUT2D eigenvalue weighted by Crippen LogP contribution is -1.99. The summed E-state index contributed by atoms with van der Waals surface area (Å²) in [7, 11) is 0. The lowest BCUT2D eigenvalue weighted by atomic mass is 9.96. The molecule has 0 bridgehead atoms. The van der Waals surface area contributed by atoms with E-state index in [1.54, 1.807) is 0 Å². The first kappa shape index (κ1) is 28.0. The fourth-order valence-electron chi connectivity index (χ4n) is 7.01. The van der Waals surface area contributed by atoms with Gasteiger partial charge < -0.3 is 0 Å². The Morgan fingerprint density at radius 1 is 0.542 bits per heavy atom. The van der Waals surface area contributed by atoms with Gasteiger partial charge in [-0.15, -0.1) is 0 Å². The van der Waals surface area contributed by atoms with Crippen molar-refractivity contribution >= 4 is 27.3 Å².